The first-order valence-electron chi connectivity index (χ1n) is 13.6. The number of allylic oxidation sites excluding steroid dienone is 2. The highest BCUT2D eigenvalue weighted by atomic mass is 16.7. The molecule has 0 aliphatic rings. The van der Waals surface area contributed by atoms with Crippen molar-refractivity contribution in [1.82, 2.24) is 0 Å². The number of hydrogen-bond donors (Lipinski definition) is 2. The average molecular weight is 471 g/mol. The topological polar surface area (TPSA) is 68.2 Å². The van der Waals surface area contributed by atoms with Gasteiger partial charge in [0, 0.05) is 13.2 Å². The van der Waals surface area contributed by atoms with Gasteiger partial charge in [-0.3, -0.25) is 0 Å². The molecule has 0 rings (SSSR count). The van der Waals surface area contributed by atoms with Crippen molar-refractivity contribution >= 4 is 0 Å². The Balaban J connectivity index is 4.25. The van der Waals surface area contributed by atoms with Crippen LogP contribution in [0.4, 0.5) is 0 Å². The molecule has 0 bridgehead atoms. The third kappa shape index (κ3) is 24.2. The molecule has 0 aromatic carbocycles. The van der Waals surface area contributed by atoms with Crippen molar-refractivity contribution < 1.29 is 24.4 Å². The molecule has 5 nitrogen and oxygen atoms in total. The minimum atomic E-state index is 0.208. The van der Waals surface area contributed by atoms with Gasteiger partial charge in [-0.25, -0.2) is 0 Å². The van der Waals surface area contributed by atoms with Crippen molar-refractivity contribution in [2.24, 2.45) is 0 Å². The number of aliphatic hydroxyl groups is 2. The molecule has 0 amide bonds. The average Bonchev–Trinajstić information content (AvgIpc) is 2.82. The van der Waals surface area contributed by atoms with E-state index in [0.29, 0.717) is 0 Å². The zero-order chi connectivity index (χ0) is 24.2. The lowest BCUT2D eigenvalue weighted by molar-refractivity contribution is -0.167. The minimum absolute atomic E-state index is 0.208. The maximum atomic E-state index is 8.88. The molecule has 0 heterocycles. The summed E-state index contributed by atoms with van der Waals surface area (Å²) in [5.41, 5.74) is 0. The lowest BCUT2D eigenvalue weighted by Gasteiger charge is -2.20. The van der Waals surface area contributed by atoms with E-state index in [0.717, 1.165) is 51.4 Å². The SMILES string of the molecule is CCCCCCC(CC/C=C/CCO)OCOCOC(CC/C=C/CCO)CCCCCC. The Hall–Kier alpha value is -0.720. The molecule has 0 saturated heterocycles. The zero-order valence-electron chi connectivity index (χ0n) is 21.7. The largest absolute Gasteiger partial charge is 0.396 e. The second kappa shape index (κ2) is 27.5. The molecule has 2 N–H and O–H groups in total. The van der Waals surface area contributed by atoms with E-state index in [2.05, 4.69) is 26.0 Å². The maximum absolute atomic E-state index is 8.88. The van der Waals surface area contributed by atoms with Crippen molar-refractivity contribution in [2.75, 3.05) is 26.8 Å². The van der Waals surface area contributed by atoms with Crippen LogP contribution < -0.4 is 0 Å². The van der Waals surface area contributed by atoms with E-state index >= 15 is 0 Å². The Morgan fingerprint density at radius 2 is 0.970 bits per heavy atom. The van der Waals surface area contributed by atoms with Crippen LogP contribution >= 0.6 is 0 Å². The van der Waals surface area contributed by atoms with Crippen molar-refractivity contribution in [3.8, 4) is 0 Å². The molecule has 0 spiro atoms. The maximum Gasteiger partial charge on any atom is 0.149 e. The van der Waals surface area contributed by atoms with E-state index < -0.39 is 0 Å². The molecular weight excluding hydrogens is 416 g/mol. The van der Waals surface area contributed by atoms with Crippen LogP contribution in [-0.4, -0.2) is 49.2 Å². The Bertz CT molecular complexity index is 387. The summed E-state index contributed by atoms with van der Waals surface area (Å²) in [7, 11) is 0. The van der Waals surface area contributed by atoms with E-state index in [1.807, 2.05) is 12.2 Å². The van der Waals surface area contributed by atoms with E-state index in [1.54, 1.807) is 0 Å². The Morgan fingerprint density at radius 1 is 0.545 bits per heavy atom. The van der Waals surface area contributed by atoms with Crippen LogP contribution in [0.25, 0.3) is 0 Å². The van der Waals surface area contributed by atoms with Gasteiger partial charge >= 0.3 is 0 Å². The normalized spacial score (nSPS) is 13.9. The molecule has 33 heavy (non-hydrogen) atoms. The van der Waals surface area contributed by atoms with Gasteiger partial charge in [0.2, 0.25) is 0 Å². The summed E-state index contributed by atoms with van der Waals surface area (Å²) >= 11 is 0. The molecule has 0 aromatic heterocycles. The van der Waals surface area contributed by atoms with Gasteiger partial charge in [-0.1, -0.05) is 89.5 Å². The summed E-state index contributed by atoms with van der Waals surface area (Å²) in [6.07, 6.45) is 26.2. The van der Waals surface area contributed by atoms with Crippen molar-refractivity contribution in [3.05, 3.63) is 24.3 Å². The van der Waals surface area contributed by atoms with Crippen LogP contribution in [0.5, 0.6) is 0 Å². The molecule has 0 saturated carbocycles. The second-order valence-corrected chi connectivity index (χ2v) is 8.84. The molecular formula is C28H54O5. The molecule has 0 radical (unpaired) electrons. The van der Waals surface area contributed by atoms with Crippen LogP contribution in [0.1, 0.15) is 117 Å². The van der Waals surface area contributed by atoms with E-state index in [-0.39, 0.29) is 39.0 Å². The first-order valence-corrected chi connectivity index (χ1v) is 13.6. The van der Waals surface area contributed by atoms with E-state index in [1.165, 1.54) is 51.4 Å². The van der Waals surface area contributed by atoms with Gasteiger partial charge in [0.1, 0.15) is 13.6 Å². The summed E-state index contributed by atoms with van der Waals surface area (Å²) in [5.74, 6) is 0. The van der Waals surface area contributed by atoms with E-state index in [9.17, 15) is 0 Å². The highest BCUT2D eigenvalue weighted by molar-refractivity contribution is 4.83. The smallest absolute Gasteiger partial charge is 0.149 e. The number of rotatable bonds is 26. The molecule has 5 heteroatoms. The van der Waals surface area contributed by atoms with Crippen LogP contribution in [0.15, 0.2) is 24.3 Å². The molecule has 0 aliphatic carbocycles. The Labute approximate surface area is 204 Å². The number of ether oxygens (including phenoxy) is 3. The Morgan fingerprint density at radius 3 is 1.36 bits per heavy atom. The first-order chi connectivity index (χ1) is 16.3. The summed E-state index contributed by atoms with van der Waals surface area (Å²) in [6.45, 7) is 5.43. The standard InChI is InChI=1S/C28H54O5/c1-3-5-7-13-19-27(21-15-9-11-17-23-29)32-25-31-26-33-28(20-14-8-6-4-2)22-16-10-12-18-24-30/h9-12,27-30H,3-8,13-26H2,1-2H3/b11-9+,12-10+. The molecule has 2 unspecified atom stereocenters. The Kier molecular flexibility index (Phi) is 26.9. The minimum Gasteiger partial charge on any atom is -0.396 e. The van der Waals surface area contributed by atoms with Crippen LogP contribution in [-0.2, 0) is 14.2 Å². The summed E-state index contributed by atoms with van der Waals surface area (Å²) in [6, 6.07) is 0. The first kappa shape index (κ1) is 32.3. The third-order valence-electron chi connectivity index (χ3n) is 5.77. The van der Waals surface area contributed by atoms with Crippen molar-refractivity contribution in [3.63, 3.8) is 0 Å². The van der Waals surface area contributed by atoms with Gasteiger partial charge in [0.05, 0.1) is 12.2 Å². The quantitative estimate of drug-likeness (QED) is 0.0804. The summed E-state index contributed by atoms with van der Waals surface area (Å²) in [5, 5.41) is 17.8. The number of hydrogen-bond acceptors (Lipinski definition) is 5. The fourth-order valence-corrected chi connectivity index (χ4v) is 3.73. The predicted molar refractivity (Wildman–Crippen MR) is 138 cm³/mol. The fraction of sp³-hybridized carbons (Fsp3) is 0.857. The highest BCUT2D eigenvalue weighted by Gasteiger charge is 2.10. The van der Waals surface area contributed by atoms with Gasteiger partial charge in [-0.05, 0) is 51.4 Å². The van der Waals surface area contributed by atoms with Crippen LogP contribution in [0.2, 0.25) is 0 Å². The lowest BCUT2D eigenvalue weighted by Crippen LogP contribution is -2.19. The van der Waals surface area contributed by atoms with Gasteiger partial charge in [-0.2, -0.15) is 0 Å². The van der Waals surface area contributed by atoms with Crippen molar-refractivity contribution in [1.29, 1.82) is 0 Å². The van der Waals surface area contributed by atoms with Gasteiger partial charge < -0.3 is 24.4 Å². The zero-order valence-corrected chi connectivity index (χ0v) is 21.7. The van der Waals surface area contributed by atoms with Gasteiger partial charge in [-0.15, -0.1) is 0 Å². The molecule has 2 atom stereocenters. The number of unbranched alkanes of at least 4 members (excludes halogenated alkanes) is 6. The highest BCUT2D eigenvalue weighted by Crippen LogP contribution is 2.15. The van der Waals surface area contributed by atoms with Gasteiger partial charge in [0.15, 0.2) is 0 Å². The fourth-order valence-electron chi connectivity index (χ4n) is 3.73. The number of aliphatic hydroxyl groups excluding tert-OH is 2. The van der Waals surface area contributed by atoms with Crippen LogP contribution in [0.3, 0.4) is 0 Å². The third-order valence-corrected chi connectivity index (χ3v) is 5.77. The van der Waals surface area contributed by atoms with Gasteiger partial charge in [0.25, 0.3) is 0 Å². The van der Waals surface area contributed by atoms with Crippen LogP contribution in [0, 0.1) is 0 Å². The second-order valence-electron chi connectivity index (χ2n) is 8.84. The molecule has 0 aliphatic heterocycles. The van der Waals surface area contributed by atoms with E-state index in [4.69, 9.17) is 24.4 Å². The molecule has 196 valence electrons. The molecule has 0 fully saturated rings. The molecule has 0 aromatic rings. The summed E-state index contributed by atoms with van der Waals surface area (Å²) < 4.78 is 17.8. The predicted octanol–water partition coefficient (Wildman–Crippen LogP) is 7.07. The summed E-state index contributed by atoms with van der Waals surface area (Å²) in [4.78, 5) is 0. The lowest BCUT2D eigenvalue weighted by atomic mass is 10.1. The monoisotopic (exact) mass is 470 g/mol. The van der Waals surface area contributed by atoms with Crippen molar-refractivity contribution in [2.45, 2.75) is 129 Å².